The minimum atomic E-state index is -0.122. The summed E-state index contributed by atoms with van der Waals surface area (Å²) in [6.45, 7) is 2.64. The van der Waals surface area contributed by atoms with Gasteiger partial charge in [-0.25, -0.2) is 0 Å². The molecule has 2 aliphatic rings. The lowest BCUT2D eigenvalue weighted by molar-refractivity contribution is -0.136. The number of hydrogen-bond acceptors (Lipinski definition) is 3. The first-order valence-corrected chi connectivity index (χ1v) is 7.43. The maximum absolute atomic E-state index is 12.5. The molecule has 2 fully saturated rings. The van der Waals surface area contributed by atoms with E-state index in [4.69, 9.17) is 0 Å². The van der Waals surface area contributed by atoms with Crippen LogP contribution in [0.3, 0.4) is 0 Å². The molecule has 0 aliphatic carbocycles. The van der Waals surface area contributed by atoms with E-state index in [1.807, 2.05) is 19.3 Å². The summed E-state index contributed by atoms with van der Waals surface area (Å²) in [4.78, 5) is 39.4. The van der Waals surface area contributed by atoms with Crippen LogP contribution in [0.4, 0.5) is 0 Å². The van der Waals surface area contributed by atoms with E-state index in [0.29, 0.717) is 25.2 Å². The summed E-state index contributed by atoms with van der Waals surface area (Å²) in [6, 6.07) is 3.54. The van der Waals surface area contributed by atoms with Crippen LogP contribution in [0.1, 0.15) is 23.8 Å². The summed E-state index contributed by atoms with van der Waals surface area (Å²) < 4.78 is 1.76. The third-order valence-electron chi connectivity index (χ3n) is 4.35. The van der Waals surface area contributed by atoms with Gasteiger partial charge in [0.2, 0.25) is 11.8 Å². The molecule has 2 saturated heterocycles. The summed E-state index contributed by atoms with van der Waals surface area (Å²) >= 11 is 0. The molecule has 0 spiro atoms. The lowest BCUT2D eigenvalue weighted by atomic mass is 10.1. The van der Waals surface area contributed by atoms with Gasteiger partial charge in [-0.1, -0.05) is 0 Å². The summed E-state index contributed by atoms with van der Waals surface area (Å²) in [5.74, 6) is -0.260. The predicted molar refractivity (Wildman–Crippen MR) is 79.0 cm³/mol. The van der Waals surface area contributed by atoms with Gasteiger partial charge in [-0.3, -0.25) is 14.4 Å². The second kappa shape index (κ2) is 5.47. The number of piperazine rings is 1. The number of fused-ring (bicyclic) bond motifs is 1. The number of amides is 3. The third-order valence-corrected chi connectivity index (χ3v) is 4.35. The van der Waals surface area contributed by atoms with Crippen molar-refractivity contribution >= 4 is 17.7 Å². The average molecular weight is 304 g/mol. The van der Waals surface area contributed by atoms with Crippen LogP contribution in [0, 0.1) is 0 Å². The van der Waals surface area contributed by atoms with E-state index in [1.54, 1.807) is 20.4 Å². The topological polar surface area (TPSA) is 74.6 Å². The first-order chi connectivity index (χ1) is 10.5. The fourth-order valence-corrected chi connectivity index (χ4v) is 3.36. The van der Waals surface area contributed by atoms with Gasteiger partial charge < -0.3 is 19.7 Å². The van der Waals surface area contributed by atoms with Crippen LogP contribution < -0.4 is 5.32 Å². The molecule has 7 nitrogen and oxygen atoms in total. The molecule has 3 heterocycles. The summed E-state index contributed by atoms with van der Waals surface area (Å²) in [5.41, 5.74) is 0.581. The van der Waals surface area contributed by atoms with Gasteiger partial charge in [-0.2, -0.15) is 0 Å². The van der Waals surface area contributed by atoms with Gasteiger partial charge in [0.05, 0.1) is 6.04 Å². The SMILES string of the molecule is CC(=O)N[C@H]1C[C@H]2CN(C(=O)c3cccn3C)CC(=O)N2C1. The quantitative estimate of drug-likeness (QED) is 0.807. The molecule has 1 aromatic rings. The molecule has 3 rings (SSSR count). The van der Waals surface area contributed by atoms with Gasteiger partial charge in [0, 0.05) is 39.3 Å². The van der Waals surface area contributed by atoms with Crippen LogP contribution in [0.25, 0.3) is 0 Å². The van der Waals surface area contributed by atoms with Crippen molar-refractivity contribution in [3.05, 3.63) is 24.0 Å². The molecule has 0 radical (unpaired) electrons. The van der Waals surface area contributed by atoms with Crippen LogP contribution in [0.15, 0.2) is 18.3 Å². The molecule has 22 heavy (non-hydrogen) atoms. The van der Waals surface area contributed by atoms with Gasteiger partial charge in [-0.05, 0) is 18.6 Å². The molecule has 2 aliphatic heterocycles. The number of nitrogens with zero attached hydrogens (tertiary/aromatic N) is 3. The Hall–Kier alpha value is -2.31. The lowest BCUT2D eigenvalue weighted by Gasteiger charge is -2.36. The Balaban J connectivity index is 1.71. The van der Waals surface area contributed by atoms with Crippen LogP contribution >= 0.6 is 0 Å². The zero-order valence-electron chi connectivity index (χ0n) is 12.8. The van der Waals surface area contributed by atoms with Crippen molar-refractivity contribution in [2.45, 2.75) is 25.4 Å². The zero-order valence-corrected chi connectivity index (χ0v) is 12.8. The fourth-order valence-electron chi connectivity index (χ4n) is 3.36. The second-order valence-electron chi connectivity index (χ2n) is 6.02. The highest BCUT2D eigenvalue weighted by Crippen LogP contribution is 2.24. The standard InChI is InChI=1S/C15H20N4O3/c1-10(20)16-11-6-12-8-18(9-14(21)19(12)7-11)15(22)13-4-3-5-17(13)2/h3-5,11-12H,6-9H2,1-2H3,(H,16,20)/t11-,12-/m0/s1. The van der Waals surface area contributed by atoms with E-state index in [-0.39, 0.29) is 36.3 Å². The molecule has 0 saturated carbocycles. The minimum absolute atomic E-state index is 0.0117. The molecule has 0 aromatic carbocycles. The fraction of sp³-hybridized carbons (Fsp3) is 0.533. The van der Waals surface area contributed by atoms with Gasteiger partial charge >= 0.3 is 0 Å². The maximum Gasteiger partial charge on any atom is 0.271 e. The Bertz CT molecular complexity index is 624. The molecule has 0 unspecified atom stereocenters. The van der Waals surface area contributed by atoms with Crippen molar-refractivity contribution in [2.75, 3.05) is 19.6 Å². The number of rotatable bonds is 2. The monoisotopic (exact) mass is 304 g/mol. The van der Waals surface area contributed by atoms with Crippen molar-refractivity contribution in [3.8, 4) is 0 Å². The second-order valence-corrected chi connectivity index (χ2v) is 6.02. The molecular weight excluding hydrogens is 284 g/mol. The summed E-state index contributed by atoms with van der Waals surface area (Å²) in [5, 5.41) is 2.86. The van der Waals surface area contributed by atoms with E-state index in [1.165, 1.54) is 6.92 Å². The molecular formula is C15H20N4O3. The smallest absolute Gasteiger partial charge is 0.271 e. The van der Waals surface area contributed by atoms with Crippen molar-refractivity contribution in [2.24, 2.45) is 7.05 Å². The normalized spacial score (nSPS) is 24.4. The zero-order chi connectivity index (χ0) is 15.9. The maximum atomic E-state index is 12.5. The number of aryl methyl sites for hydroxylation is 1. The number of aromatic nitrogens is 1. The Labute approximate surface area is 128 Å². The molecule has 118 valence electrons. The van der Waals surface area contributed by atoms with E-state index >= 15 is 0 Å². The summed E-state index contributed by atoms with van der Waals surface area (Å²) in [6.07, 6.45) is 2.51. The number of nitrogens with one attached hydrogen (secondary N) is 1. The Morgan fingerprint density at radius 3 is 2.73 bits per heavy atom. The van der Waals surface area contributed by atoms with Crippen molar-refractivity contribution in [3.63, 3.8) is 0 Å². The van der Waals surface area contributed by atoms with E-state index in [0.717, 1.165) is 0 Å². The van der Waals surface area contributed by atoms with Gasteiger partial charge in [0.15, 0.2) is 0 Å². The van der Waals surface area contributed by atoms with Crippen molar-refractivity contribution in [1.29, 1.82) is 0 Å². The van der Waals surface area contributed by atoms with Gasteiger partial charge in [0.1, 0.15) is 12.2 Å². The largest absolute Gasteiger partial charge is 0.352 e. The highest BCUT2D eigenvalue weighted by atomic mass is 16.2. The minimum Gasteiger partial charge on any atom is -0.352 e. The molecule has 7 heteroatoms. The van der Waals surface area contributed by atoms with Crippen LogP contribution in [0.5, 0.6) is 0 Å². The Morgan fingerprint density at radius 1 is 1.32 bits per heavy atom. The van der Waals surface area contributed by atoms with Gasteiger partial charge in [-0.15, -0.1) is 0 Å². The summed E-state index contributed by atoms with van der Waals surface area (Å²) in [7, 11) is 1.81. The molecule has 1 aromatic heterocycles. The third kappa shape index (κ3) is 2.58. The van der Waals surface area contributed by atoms with Crippen LogP contribution in [-0.2, 0) is 16.6 Å². The first kappa shape index (κ1) is 14.6. The number of carbonyl (C=O) groups excluding carboxylic acids is 3. The predicted octanol–water partition coefficient (Wildman–Crippen LogP) is -0.413. The highest BCUT2D eigenvalue weighted by Gasteiger charge is 2.41. The van der Waals surface area contributed by atoms with E-state index < -0.39 is 0 Å². The molecule has 2 atom stereocenters. The van der Waals surface area contributed by atoms with Crippen LogP contribution in [0.2, 0.25) is 0 Å². The molecule has 3 amide bonds. The van der Waals surface area contributed by atoms with E-state index in [2.05, 4.69) is 5.32 Å². The van der Waals surface area contributed by atoms with Gasteiger partial charge in [0.25, 0.3) is 5.91 Å². The molecule has 0 bridgehead atoms. The Morgan fingerprint density at radius 2 is 2.09 bits per heavy atom. The number of carbonyl (C=O) groups is 3. The molecule has 1 N–H and O–H groups in total. The average Bonchev–Trinajstić information content (AvgIpc) is 3.03. The lowest BCUT2D eigenvalue weighted by Crippen LogP contribution is -2.55. The van der Waals surface area contributed by atoms with Crippen LogP contribution in [-0.4, -0.2) is 63.8 Å². The van der Waals surface area contributed by atoms with Crippen molar-refractivity contribution < 1.29 is 14.4 Å². The van der Waals surface area contributed by atoms with E-state index in [9.17, 15) is 14.4 Å². The first-order valence-electron chi connectivity index (χ1n) is 7.43. The number of hydrogen-bond donors (Lipinski definition) is 1. The Kier molecular flexibility index (Phi) is 3.64. The highest BCUT2D eigenvalue weighted by molar-refractivity contribution is 5.96. The van der Waals surface area contributed by atoms with Crippen molar-refractivity contribution in [1.82, 2.24) is 19.7 Å².